The fraction of sp³-hybridized carbons (Fsp3) is 0.360. The Hall–Kier alpha value is -2.68. The zero-order valence-electron chi connectivity index (χ0n) is 18.5. The Kier molecular flexibility index (Phi) is 8.15. The number of hydrogen-bond donors (Lipinski definition) is 1. The molecular weight excluding hydrogens is 442 g/mol. The molecule has 1 amide bonds. The summed E-state index contributed by atoms with van der Waals surface area (Å²) in [6, 6.07) is 12.8. The summed E-state index contributed by atoms with van der Waals surface area (Å²) >= 11 is 1.45. The van der Waals surface area contributed by atoms with Gasteiger partial charge in [0.15, 0.2) is 0 Å². The first-order valence-electron chi connectivity index (χ1n) is 11.2. The van der Waals surface area contributed by atoms with Gasteiger partial charge in [-0.15, -0.1) is 11.3 Å². The summed E-state index contributed by atoms with van der Waals surface area (Å²) in [7, 11) is 0. The van der Waals surface area contributed by atoms with Gasteiger partial charge in [0, 0.05) is 31.6 Å². The van der Waals surface area contributed by atoms with E-state index < -0.39 is 0 Å². The molecule has 0 aliphatic carbocycles. The van der Waals surface area contributed by atoms with Crippen LogP contribution < -0.4 is 5.32 Å². The molecule has 0 unspecified atom stereocenters. The van der Waals surface area contributed by atoms with Crippen molar-refractivity contribution in [1.82, 2.24) is 20.1 Å². The number of carbonyl (C=O) groups excluding carboxylic acids is 1. The van der Waals surface area contributed by atoms with Crippen LogP contribution in [0.4, 0.5) is 8.78 Å². The summed E-state index contributed by atoms with van der Waals surface area (Å²) in [5.41, 5.74) is 2.37. The molecule has 1 aliphatic heterocycles. The molecule has 4 rings (SSSR count). The molecule has 0 bridgehead atoms. The molecule has 1 aliphatic rings. The van der Waals surface area contributed by atoms with E-state index >= 15 is 0 Å². The second kappa shape index (κ2) is 11.4. The number of hydrogen-bond acceptors (Lipinski definition) is 5. The van der Waals surface area contributed by atoms with Crippen molar-refractivity contribution in [2.75, 3.05) is 26.2 Å². The number of amides is 1. The third kappa shape index (κ3) is 7.15. The molecule has 5 nitrogen and oxygen atoms in total. The van der Waals surface area contributed by atoms with Crippen molar-refractivity contribution >= 4 is 17.2 Å². The standard InChI is InChI=1S/C25H28F2N4OS/c26-21-7-3-19(4-8-21)15-31(16-20-5-9-22(27)10-6-20)17-24-29-23(18-33-24)25(32)28-11-14-30-12-1-2-13-30/h3-10,18H,1-2,11-17H2,(H,28,32). The zero-order chi connectivity index (χ0) is 23.0. The van der Waals surface area contributed by atoms with Crippen LogP contribution in [0.3, 0.4) is 0 Å². The van der Waals surface area contributed by atoms with Crippen molar-refractivity contribution in [3.8, 4) is 0 Å². The number of benzene rings is 2. The fourth-order valence-electron chi connectivity index (χ4n) is 3.97. The van der Waals surface area contributed by atoms with Crippen molar-refractivity contribution in [1.29, 1.82) is 0 Å². The van der Waals surface area contributed by atoms with E-state index in [1.54, 1.807) is 29.6 Å². The summed E-state index contributed by atoms with van der Waals surface area (Å²) in [5.74, 6) is -0.700. The number of rotatable bonds is 10. The topological polar surface area (TPSA) is 48.5 Å². The molecule has 0 spiro atoms. The number of likely N-dealkylation sites (tertiary alicyclic amines) is 1. The third-order valence-corrected chi connectivity index (χ3v) is 6.53. The van der Waals surface area contributed by atoms with Crippen LogP contribution in [-0.2, 0) is 19.6 Å². The average molecular weight is 471 g/mol. The van der Waals surface area contributed by atoms with Crippen molar-refractivity contribution in [3.05, 3.63) is 87.4 Å². The molecule has 2 heterocycles. The van der Waals surface area contributed by atoms with Crippen molar-refractivity contribution in [2.24, 2.45) is 0 Å². The van der Waals surface area contributed by atoms with Crippen LogP contribution in [0.25, 0.3) is 0 Å². The first-order chi connectivity index (χ1) is 16.0. The van der Waals surface area contributed by atoms with E-state index in [4.69, 9.17) is 0 Å². The highest BCUT2D eigenvalue weighted by Gasteiger charge is 2.16. The highest BCUT2D eigenvalue weighted by atomic mass is 32.1. The number of thiazole rings is 1. The lowest BCUT2D eigenvalue weighted by atomic mass is 10.1. The monoisotopic (exact) mass is 470 g/mol. The summed E-state index contributed by atoms with van der Waals surface area (Å²) in [4.78, 5) is 21.5. The molecule has 1 fully saturated rings. The first kappa shape index (κ1) is 23.5. The van der Waals surface area contributed by atoms with Gasteiger partial charge in [0.05, 0.1) is 6.54 Å². The van der Waals surface area contributed by atoms with Gasteiger partial charge in [0.25, 0.3) is 5.91 Å². The van der Waals surface area contributed by atoms with Crippen LogP contribution in [0.15, 0.2) is 53.9 Å². The van der Waals surface area contributed by atoms with E-state index in [2.05, 4.69) is 20.1 Å². The molecular formula is C25H28F2N4OS. The Bertz CT molecular complexity index is 986. The van der Waals surface area contributed by atoms with Crippen LogP contribution in [0, 0.1) is 11.6 Å². The number of carbonyl (C=O) groups is 1. The van der Waals surface area contributed by atoms with Gasteiger partial charge in [-0.2, -0.15) is 0 Å². The lowest BCUT2D eigenvalue weighted by molar-refractivity contribution is 0.0945. The van der Waals surface area contributed by atoms with Crippen LogP contribution in [0.5, 0.6) is 0 Å². The van der Waals surface area contributed by atoms with E-state index in [1.165, 1.54) is 48.4 Å². The van der Waals surface area contributed by atoms with Crippen LogP contribution in [0.1, 0.15) is 39.5 Å². The molecule has 1 saturated heterocycles. The van der Waals surface area contributed by atoms with Crippen LogP contribution >= 0.6 is 11.3 Å². The van der Waals surface area contributed by atoms with Gasteiger partial charge >= 0.3 is 0 Å². The van der Waals surface area contributed by atoms with Gasteiger partial charge in [-0.1, -0.05) is 24.3 Å². The number of halogens is 2. The van der Waals surface area contributed by atoms with Gasteiger partial charge in [0.2, 0.25) is 0 Å². The second-order valence-electron chi connectivity index (χ2n) is 8.33. The quantitative estimate of drug-likeness (QED) is 0.476. The maximum absolute atomic E-state index is 13.3. The summed E-state index contributed by atoms with van der Waals surface area (Å²) < 4.78 is 26.6. The summed E-state index contributed by atoms with van der Waals surface area (Å²) in [5, 5.41) is 5.57. The highest BCUT2D eigenvalue weighted by molar-refractivity contribution is 7.09. The normalized spacial score (nSPS) is 14.2. The van der Waals surface area contributed by atoms with E-state index in [0.29, 0.717) is 31.9 Å². The van der Waals surface area contributed by atoms with Gasteiger partial charge in [-0.3, -0.25) is 9.69 Å². The minimum Gasteiger partial charge on any atom is -0.349 e. The average Bonchev–Trinajstić information content (AvgIpc) is 3.49. The van der Waals surface area contributed by atoms with E-state index in [0.717, 1.165) is 35.8 Å². The molecule has 8 heteroatoms. The molecule has 0 atom stereocenters. The zero-order valence-corrected chi connectivity index (χ0v) is 19.3. The van der Waals surface area contributed by atoms with Crippen molar-refractivity contribution < 1.29 is 13.6 Å². The Labute approximate surface area is 197 Å². The molecule has 0 saturated carbocycles. The number of nitrogens with one attached hydrogen (secondary N) is 1. The molecule has 174 valence electrons. The summed E-state index contributed by atoms with van der Waals surface area (Å²) in [6.07, 6.45) is 2.46. The molecule has 2 aromatic carbocycles. The Balaban J connectivity index is 1.38. The van der Waals surface area contributed by atoms with E-state index in [-0.39, 0.29) is 17.5 Å². The molecule has 3 aromatic rings. The number of aromatic nitrogens is 1. The van der Waals surface area contributed by atoms with Gasteiger partial charge in [0.1, 0.15) is 22.3 Å². The Morgan fingerprint density at radius 3 is 2.09 bits per heavy atom. The smallest absolute Gasteiger partial charge is 0.270 e. The summed E-state index contributed by atoms with van der Waals surface area (Å²) in [6.45, 7) is 5.38. The second-order valence-corrected chi connectivity index (χ2v) is 9.27. The van der Waals surface area contributed by atoms with Crippen LogP contribution in [0.2, 0.25) is 0 Å². The molecule has 1 N–H and O–H groups in total. The first-order valence-corrected chi connectivity index (χ1v) is 12.1. The van der Waals surface area contributed by atoms with E-state index in [1.807, 2.05) is 0 Å². The predicted molar refractivity (Wildman–Crippen MR) is 126 cm³/mol. The minimum absolute atomic E-state index is 0.152. The lowest BCUT2D eigenvalue weighted by Gasteiger charge is -2.21. The highest BCUT2D eigenvalue weighted by Crippen LogP contribution is 2.18. The largest absolute Gasteiger partial charge is 0.349 e. The third-order valence-electron chi connectivity index (χ3n) is 5.69. The molecule has 1 aromatic heterocycles. The molecule has 33 heavy (non-hydrogen) atoms. The molecule has 0 radical (unpaired) electrons. The lowest BCUT2D eigenvalue weighted by Crippen LogP contribution is -2.33. The maximum Gasteiger partial charge on any atom is 0.270 e. The Morgan fingerprint density at radius 2 is 1.52 bits per heavy atom. The van der Waals surface area contributed by atoms with Crippen molar-refractivity contribution in [3.63, 3.8) is 0 Å². The maximum atomic E-state index is 13.3. The predicted octanol–water partition coefficient (Wildman–Crippen LogP) is 4.45. The van der Waals surface area contributed by atoms with Crippen LogP contribution in [-0.4, -0.2) is 46.9 Å². The minimum atomic E-state index is -0.274. The number of nitrogens with zero attached hydrogens (tertiary/aromatic N) is 3. The van der Waals surface area contributed by atoms with Gasteiger partial charge in [-0.05, 0) is 61.3 Å². The fourth-order valence-corrected chi connectivity index (χ4v) is 4.78. The SMILES string of the molecule is O=C(NCCN1CCCC1)c1csc(CN(Cc2ccc(F)cc2)Cc2ccc(F)cc2)n1. The van der Waals surface area contributed by atoms with Crippen molar-refractivity contribution in [2.45, 2.75) is 32.5 Å². The van der Waals surface area contributed by atoms with E-state index in [9.17, 15) is 13.6 Å². The van der Waals surface area contributed by atoms with Gasteiger partial charge in [-0.25, -0.2) is 13.8 Å². The van der Waals surface area contributed by atoms with Gasteiger partial charge < -0.3 is 10.2 Å². The Morgan fingerprint density at radius 1 is 0.939 bits per heavy atom.